The lowest BCUT2D eigenvalue weighted by molar-refractivity contribution is -0.122. The molecule has 0 radical (unpaired) electrons. The molecule has 0 rings (SSSR count). The lowest BCUT2D eigenvalue weighted by Gasteiger charge is -2.16. The van der Waals surface area contributed by atoms with Gasteiger partial charge in [-0.3, -0.25) is 4.79 Å². The molecule has 0 aromatic rings. The Morgan fingerprint density at radius 1 is 1.45 bits per heavy atom. The maximum atomic E-state index is 11.1. The van der Waals surface area contributed by atoms with Gasteiger partial charge in [0.05, 0.1) is 0 Å². The highest BCUT2D eigenvalue weighted by Gasteiger charge is 2.16. The van der Waals surface area contributed by atoms with Crippen molar-refractivity contribution in [1.82, 2.24) is 0 Å². The Morgan fingerprint density at radius 3 is 2.27 bits per heavy atom. The predicted octanol–water partition coefficient (Wildman–Crippen LogP) is 2.60. The summed E-state index contributed by atoms with van der Waals surface area (Å²) in [6, 6.07) is 0. The summed E-state index contributed by atoms with van der Waals surface area (Å²) in [5.74, 6) is 2.22. The minimum atomic E-state index is 0.280. The normalized spacial score (nSPS) is 13.5. The summed E-state index contributed by atoms with van der Waals surface area (Å²) >= 11 is 1.81. The zero-order chi connectivity index (χ0) is 8.85. The van der Waals surface area contributed by atoms with E-state index in [1.54, 1.807) is 6.92 Å². The molecule has 0 bridgehead atoms. The summed E-state index contributed by atoms with van der Waals surface area (Å²) < 4.78 is 0. The molecule has 2 heteroatoms. The zero-order valence-corrected chi connectivity index (χ0v) is 8.70. The molecule has 1 atom stereocenters. The van der Waals surface area contributed by atoms with E-state index in [4.69, 9.17) is 0 Å². The van der Waals surface area contributed by atoms with E-state index >= 15 is 0 Å². The van der Waals surface area contributed by atoms with Gasteiger partial charge in [0.1, 0.15) is 5.78 Å². The Balaban J connectivity index is 3.80. The third-order valence-corrected chi connectivity index (χ3v) is 2.60. The van der Waals surface area contributed by atoms with Crippen LogP contribution in [0.1, 0.15) is 27.2 Å². The Kier molecular flexibility index (Phi) is 5.65. The molecule has 0 fully saturated rings. The molecule has 0 saturated heterocycles. The van der Waals surface area contributed by atoms with E-state index in [-0.39, 0.29) is 5.92 Å². The number of rotatable bonds is 5. The average Bonchev–Trinajstić information content (AvgIpc) is 1.87. The molecular weight excluding hydrogens is 156 g/mol. The quantitative estimate of drug-likeness (QED) is 0.637. The fourth-order valence-corrected chi connectivity index (χ4v) is 1.74. The van der Waals surface area contributed by atoms with E-state index in [2.05, 4.69) is 20.1 Å². The van der Waals surface area contributed by atoms with E-state index in [9.17, 15) is 4.79 Å². The second-order valence-corrected chi connectivity index (χ2v) is 4.23. The van der Waals surface area contributed by atoms with Crippen molar-refractivity contribution in [1.29, 1.82) is 0 Å². The first-order valence-electron chi connectivity index (χ1n) is 4.09. The summed E-state index contributed by atoms with van der Waals surface area (Å²) in [5.41, 5.74) is 0. The third-order valence-electron chi connectivity index (χ3n) is 1.96. The van der Waals surface area contributed by atoms with E-state index in [0.29, 0.717) is 11.7 Å². The Labute approximate surface area is 73.9 Å². The first-order valence-corrected chi connectivity index (χ1v) is 5.48. The van der Waals surface area contributed by atoms with Crippen LogP contribution in [0.3, 0.4) is 0 Å². The smallest absolute Gasteiger partial charge is 0.133 e. The number of carbonyl (C=O) groups excluding carboxylic acids is 1. The summed E-state index contributed by atoms with van der Waals surface area (Å²) in [6.07, 6.45) is 3.12. The van der Waals surface area contributed by atoms with Crippen molar-refractivity contribution in [3.63, 3.8) is 0 Å². The number of thioether (sulfide) groups is 1. The van der Waals surface area contributed by atoms with Crippen molar-refractivity contribution in [3.05, 3.63) is 0 Å². The summed E-state index contributed by atoms with van der Waals surface area (Å²) in [5, 5.41) is 0. The topological polar surface area (TPSA) is 17.1 Å². The van der Waals surface area contributed by atoms with Crippen LogP contribution in [-0.2, 0) is 4.79 Å². The van der Waals surface area contributed by atoms with Gasteiger partial charge in [-0.25, -0.2) is 0 Å². The molecule has 1 nitrogen and oxygen atoms in total. The molecule has 66 valence electrons. The fraction of sp³-hybridized carbons (Fsp3) is 0.889. The van der Waals surface area contributed by atoms with Crippen LogP contribution < -0.4 is 0 Å². The summed E-state index contributed by atoms with van der Waals surface area (Å²) in [6.45, 7) is 5.93. The maximum Gasteiger partial charge on any atom is 0.133 e. The monoisotopic (exact) mass is 174 g/mol. The van der Waals surface area contributed by atoms with Gasteiger partial charge >= 0.3 is 0 Å². The van der Waals surface area contributed by atoms with Gasteiger partial charge in [0.25, 0.3) is 0 Å². The molecule has 0 aliphatic rings. The van der Waals surface area contributed by atoms with Crippen molar-refractivity contribution in [2.45, 2.75) is 27.2 Å². The highest BCUT2D eigenvalue weighted by Crippen LogP contribution is 2.17. The molecule has 0 aliphatic carbocycles. The number of carbonyl (C=O) groups is 1. The average molecular weight is 174 g/mol. The van der Waals surface area contributed by atoms with Gasteiger partial charge in [-0.1, -0.05) is 13.8 Å². The first-order chi connectivity index (χ1) is 5.09. The van der Waals surface area contributed by atoms with Crippen LogP contribution in [0.25, 0.3) is 0 Å². The van der Waals surface area contributed by atoms with Gasteiger partial charge in [-0.05, 0) is 31.3 Å². The van der Waals surface area contributed by atoms with Gasteiger partial charge in [0.15, 0.2) is 0 Å². The van der Waals surface area contributed by atoms with Gasteiger partial charge < -0.3 is 0 Å². The van der Waals surface area contributed by atoms with Crippen LogP contribution >= 0.6 is 11.8 Å². The third kappa shape index (κ3) is 4.46. The van der Waals surface area contributed by atoms with E-state index in [1.807, 2.05) is 11.8 Å². The molecule has 0 aromatic carbocycles. The van der Waals surface area contributed by atoms with Crippen molar-refractivity contribution >= 4 is 17.5 Å². The largest absolute Gasteiger partial charge is 0.300 e. The first kappa shape index (κ1) is 11.0. The standard InChI is InChI=1S/C9H18OS/c1-7(2)9(8(3)10)5-6-11-4/h7,9H,5-6H2,1-4H3. The highest BCUT2D eigenvalue weighted by atomic mass is 32.2. The Hall–Kier alpha value is 0.0200. The minimum Gasteiger partial charge on any atom is -0.300 e. The van der Waals surface area contributed by atoms with Gasteiger partial charge in [-0.2, -0.15) is 11.8 Å². The van der Waals surface area contributed by atoms with Crippen LogP contribution in [0.2, 0.25) is 0 Å². The molecule has 0 aliphatic heterocycles. The number of Topliss-reactive ketones (excluding diaryl/α,β-unsaturated/α-hetero) is 1. The summed E-state index contributed by atoms with van der Waals surface area (Å²) in [7, 11) is 0. The number of hydrogen-bond donors (Lipinski definition) is 0. The molecular formula is C9H18OS. The zero-order valence-electron chi connectivity index (χ0n) is 7.89. The van der Waals surface area contributed by atoms with Crippen LogP contribution in [-0.4, -0.2) is 17.8 Å². The summed E-state index contributed by atoms with van der Waals surface area (Å²) in [4.78, 5) is 11.1. The SMILES string of the molecule is CSCCC(C(C)=O)C(C)C. The molecule has 0 heterocycles. The van der Waals surface area contributed by atoms with Crippen LogP contribution in [0.15, 0.2) is 0 Å². The van der Waals surface area contributed by atoms with Crippen LogP contribution in [0.4, 0.5) is 0 Å². The van der Waals surface area contributed by atoms with Crippen LogP contribution in [0.5, 0.6) is 0 Å². The molecule has 0 N–H and O–H groups in total. The number of hydrogen-bond acceptors (Lipinski definition) is 2. The second kappa shape index (κ2) is 5.64. The highest BCUT2D eigenvalue weighted by molar-refractivity contribution is 7.98. The fourth-order valence-electron chi connectivity index (χ4n) is 1.25. The van der Waals surface area contributed by atoms with Crippen molar-refractivity contribution in [2.24, 2.45) is 11.8 Å². The van der Waals surface area contributed by atoms with E-state index in [1.165, 1.54) is 0 Å². The van der Waals surface area contributed by atoms with Gasteiger partial charge in [0, 0.05) is 5.92 Å². The predicted molar refractivity (Wildman–Crippen MR) is 52.0 cm³/mol. The van der Waals surface area contributed by atoms with Crippen molar-refractivity contribution in [2.75, 3.05) is 12.0 Å². The van der Waals surface area contributed by atoms with E-state index < -0.39 is 0 Å². The Morgan fingerprint density at radius 2 is 2.00 bits per heavy atom. The molecule has 0 amide bonds. The van der Waals surface area contributed by atoms with Gasteiger partial charge in [-0.15, -0.1) is 0 Å². The molecule has 0 saturated carbocycles. The Bertz CT molecular complexity index is 121. The minimum absolute atomic E-state index is 0.280. The lowest BCUT2D eigenvalue weighted by atomic mass is 9.90. The van der Waals surface area contributed by atoms with Crippen molar-refractivity contribution < 1.29 is 4.79 Å². The van der Waals surface area contributed by atoms with Gasteiger partial charge in [0.2, 0.25) is 0 Å². The second-order valence-electron chi connectivity index (χ2n) is 3.24. The van der Waals surface area contributed by atoms with Crippen molar-refractivity contribution in [3.8, 4) is 0 Å². The molecule has 11 heavy (non-hydrogen) atoms. The molecule has 0 aromatic heterocycles. The molecule has 1 unspecified atom stereocenters. The maximum absolute atomic E-state index is 11.1. The molecule has 0 spiro atoms. The van der Waals surface area contributed by atoms with E-state index in [0.717, 1.165) is 12.2 Å². The lowest BCUT2D eigenvalue weighted by Crippen LogP contribution is -2.18. The number of ketones is 1. The van der Waals surface area contributed by atoms with Crippen LogP contribution in [0, 0.1) is 11.8 Å².